The van der Waals surface area contributed by atoms with Gasteiger partial charge in [0.05, 0.1) is 6.61 Å². The summed E-state index contributed by atoms with van der Waals surface area (Å²) in [7, 11) is 0. The molecule has 32 heavy (non-hydrogen) atoms. The van der Waals surface area contributed by atoms with Crippen molar-refractivity contribution in [1.82, 2.24) is 0 Å². The second-order valence-corrected chi connectivity index (χ2v) is 7.95. The fourth-order valence-electron chi connectivity index (χ4n) is 4.26. The fourth-order valence-corrected chi connectivity index (χ4v) is 4.26. The third-order valence-electron chi connectivity index (χ3n) is 5.98. The van der Waals surface area contributed by atoms with Gasteiger partial charge in [-0.3, -0.25) is 0 Å². The first-order valence-corrected chi connectivity index (χ1v) is 10.1. The van der Waals surface area contributed by atoms with E-state index in [4.69, 9.17) is 23.4 Å². The number of aryl methyl sites for hydroxylation is 2. The molecule has 1 fully saturated rings. The molecule has 1 saturated heterocycles. The second-order valence-electron chi connectivity index (χ2n) is 7.95. The predicted octanol–water partition coefficient (Wildman–Crippen LogP) is 0.470. The molecule has 3 heterocycles. The first kappa shape index (κ1) is 21.0. The molecule has 5 rings (SSSR count). The molecule has 170 valence electrons. The molecule has 0 amide bonds. The van der Waals surface area contributed by atoms with Gasteiger partial charge < -0.3 is 43.8 Å². The maximum absolute atomic E-state index is 12.8. The highest BCUT2D eigenvalue weighted by molar-refractivity contribution is 6.10. The van der Waals surface area contributed by atoms with E-state index in [1.165, 1.54) is 0 Å². The molecule has 0 bridgehead atoms. The number of fused-ring (bicyclic) bond motifs is 5. The Kier molecular flexibility index (Phi) is 4.99. The van der Waals surface area contributed by atoms with E-state index in [9.17, 15) is 25.2 Å². The van der Waals surface area contributed by atoms with Gasteiger partial charge in [0.15, 0.2) is 11.5 Å². The van der Waals surface area contributed by atoms with Gasteiger partial charge in [-0.05, 0) is 37.6 Å². The Bertz CT molecular complexity index is 1260. The van der Waals surface area contributed by atoms with Crippen molar-refractivity contribution < 1.29 is 43.8 Å². The number of aliphatic hydroxyl groups excluding tert-OH is 4. The first-order valence-electron chi connectivity index (χ1n) is 10.1. The largest absolute Gasteiger partial charge is 0.462 e. The van der Waals surface area contributed by atoms with Gasteiger partial charge in [0, 0.05) is 16.3 Å². The average Bonchev–Trinajstić information content (AvgIpc) is 3.26. The van der Waals surface area contributed by atoms with Crippen molar-refractivity contribution in [3.05, 3.63) is 39.7 Å². The molecule has 3 aromatic rings. The van der Waals surface area contributed by atoms with Crippen LogP contribution in [-0.4, -0.2) is 64.5 Å². The first-order chi connectivity index (χ1) is 15.3. The van der Waals surface area contributed by atoms with Crippen LogP contribution in [0.4, 0.5) is 0 Å². The van der Waals surface area contributed by atoms with Crippen molar-refractivity contribution >= 4 is 21.7 Å². The molecule has 0 aliphatic carbocycles. The van der Waals surface area contributed by atoms with Gasteiger partial charge in [-0.25, -0.2) is 4.79 Å². The van der Waals surface area contributed by atoms with Crippen LogP contribution in [0.1, 0.15) is 11.1 Å². The number of hydrogen-bond acceptors (Lipinski definition) is 10. The molecule has 5 atom stereocenters. The number of hydrogen-bond donors (Lipinski definition) is 4. The van der Waals surface area contributed by atoms with Crippen molar-refractivity contribution in [2.24, 2.45) is 0 Å². The van der Waals surface area contributed by atoms with E-state index in [1.807, 2.05) is 6.92 Å². The molecule has 0 saturated carbocycles. The third kappa shape index (κ3) is 3.03. The lowest BCUT2D eigenvalue weighted by molar-refractivity contribution is -0.277. The Labute approximate surface area is 181 Å². The lowest BCUT2D eigenvalue weighted by Gasteiger charge is -2.39. The minimum absolute atomic E-state index is 0.0236. The van der Waals surface area contributed by atoms with Gasteiger partial charge in [-0.2, -0.15) is 0 Å². The van der Waals surface area contributed by atoms with Crippen LogP contribution in [0.25, 0.3) is 21.7 Å². The highest BCUT2D eigenvalue weighted by atomic mass is 16.7. The number of rotatable bonds is 3. The van der Waals surface area contributed by atoms with Crippen LogP contribution in [0.15, 0.2) is 27.4 Å². The van der Waals surface area contributed by atoms with Crippen molar-refractivity contribution in [3.8, 4) is 17.2 Å². The van der Waals surface area contributed by atoms with Crippen molar-refractivity contribution in [2.45, 2.75) is 44.6 Å². The topological polar surface area (TPSA) is 148 Å². The maximum Gasteiger partial charge on any atom is 0.348 e. The quantitative estimate of drug-likeness (QED) is 0.330. The summed E-state index contributed by atoms with van der Waals surface area (Å²) in [6.45, 7) is 2.95. The normalized spacial score (nSPS) is 27.2. The van der Waals surface area contributed by atoms with Crippen LogP contribution < -0.4 is 19.8 Å². The summed E-state index contributed by atoms with van der Waals surface area (Å²) in [4.78, 5) is 12.8. The van der Waals surface area contributed by atoms with E-state index < -0.39 is 42.9 Å². The molecule has 10 nitrogen and oxygen atoms in total. The van der Waals surface area contributed by atoms with Crippen LogP contribution >= 0.6 is 0 Å². The van der Waals surface area contributed by atoms with Crippen LogP contribution in [0, 0.1) is 13.8 Å². The van der Waals surface area contributed by atoms with Gasteiger partial charge in [-0.1, -0.05) is 0 Å². The summed E-state index contributed by atoms with van der Waals surface area (Å²) in [5.74, 6) is 1.07. The van der Waals surface area contributed by atoms with Crippen molar-refractivity contribution in [2.75, 3.05) is 13.4 Å². The Balaban J connectivity index is 1.62. The molecular weight excluding hydrogens is 424 g/mol. The SMILES string of the molecule is Cc1c(O[C@@H]2O[C@H](CO)[C@@H](O)[C@H](O)[C@H]2O)cc(C)c2c1oc(=O)c1c3c(ccc12)OCO3. The van der Waals surface area contributed by atoms with E-state index in [0.717, 1.165) is 5.56 Å². The smallest absolute Gasteiger partial charge is 0.348 e. The molecule has 0 unspecified atom stereocenters. The average molecular weight is 446 g/mol. The van der Waals surface area contributed by atoms with Crippen molar-refractivity contribution in [3.63, 3.8) is 0 Å². The molecule has 10 heteroatoms. The lowest BCUT2D eigenvalue weighted by atomic mass is 9.98. The molecule has 0 spiro atoms. The summed E-state index contributed by atoms with van der Waals surface area (Å²) in [6.07, 6.45) is -7.09. The summed E-state index contributed by atoms with van der Waals surface area (Å²) in [6, 6.07) is 5.20. The lowest BCUT2D eigenvalue weighted by Crippen LogP contribution is -2.60. The van der Waals surface area contributed by atoms with Crippen LogP contribution in [-0.2, 0) is 4.74 Å². The van der Waals surface area contributed by atoms with E-state index in [-0.39, 0.29) is 17.9 Å². The second kappa shape index (κ2) is 7.61. The zero-order chi connectivity index (χ0) is 22.7. The van der Waals surface area contributed by atoms with Gasteiger partial charge in [-0.15, -0.1) is 0 Å². The fraction of sp³-hybridized carbons (Fsp3) is 0.409. The summed E-state index contributed by atoms with van der Waals surface area (Å²) in [5, 5.41) is 41.3. The van der Waals surface area contributed by atoms with E-state index in [2.05, 4.69) is 0 Å². The van der Waals surface area contributed by atoms with E-state index in [0.29, 0.717) is 33.4 Å². The predicted molar refractivity (Wildman–Crippen MR) is 110 cm³/mol. The van der Waals surface area contributed by atoms with Crippen LogP contribution in [0.3, 0.4) is 0 Å². The highest BCUT2D eigenvalue weighted by Gasteiger charge is 2.45. The number of aliphatic hydroxyl groups is 4. The Morgan fingerprint density at radius 3 is 2.59 bits per heavy atom. The molecule has 1 aromatic heterocycles. The Morgan fingerprint density at radius 2 is 1.84 bits per heavy atom. The molecular formula is C22H22O10. The maximum atomic E-state index is 12.8. The van der Waals surface area contributed by atoms with Gasteiger partial charge in [0.1, 0.15) is 41.1 Å². The summed E-state index contributed by atoms with van der Waals surface area (Å²) >= 11 is 0. The van der Waals surface area contributed by atoms with Gasteiger partial charge in [0.25, 0.3) is 0 Å². The Hall–Kier alpha value is -2.89. The number of benzene rings is 2. The minimum atomic E-state index is -1.57. The zero-order valence-corrected chi connectivity index (χ0v) is 17.3. The molecule has 4 N–H and O–H groups in total. The molecule has 2 aliphatic heterocycles. The highest BCUT2D eigenvalue weighted by Crippen LogP contribution is 2.42. The summed E-state index contributed by atoms with van der Waals surface area (Å²) < 4.78 is 27.7. The molecule has 2 aliphatic rings. The molecule has 2 aromatic carbocycles. The summed E-state index contributed by atoms with van der Waals surface area (Å²) in [5.41, 5.74) is 0.889. The zero-order valence-electron chi connectivity index (χ0n) is 17.3. The van der Waals surface area contributed by atoms with E-state index >= 15 is 0 Å². The van der Waals surface area contributed by atoms with Crippen molar-refractivity contribution in [1.29, 1.82) is 0 Å². The van der Waals surface area contributed by atoms with Crippen LogP contribution in [0.5, 0.6) is 17.2 Å². The number of ether oxygens (including phenoxy) is 4. The molecule has 0 radical (unpaired) electrons. The van der Waals surface area contributed by atoms with Crippen LogP contribution in [0.2, 0.25) is 0 Å². The van der Waals surface area contributed by atoms with E-state index in [1.54, 1.807) is 25.1 Å². The Morgan fingerprint density at radius 1 is 1.06 bits per heavy atom. The monoisotopic (exact) mass is 446 g/mol. The standard InChI is InChI=1S/C22H22O10/c1-8-5-12(30-22-18(26)17(25)16(24)13(6-23)31-22)9(2)19-14(8)10-3-4-11-20(29-7-28-11)15(10)21(27)32-19/h3-5,13,16-18,22-26H,6-7H2,1-2H3/t13-,16-,17+,18-,22-/m1/s1. The van der Waals surface area contributed by atoms with Gasteiger partial charge in [0.2, 0.25) is 13.1 Å². The minimum Gasteiger partial charge on any atom is -0.462 e. The van der Waals surface area contributed by atoms with Gasteiger partial charge >= 0.3 is 5.63 Å². The third-order valence-corrected chi connectivity index (χ3v) is 5.98.